The summed E-state index contributed by atoms with van der Waals surface area (Å²) in [6.07, 6.45) is 0. The molecule has 6 nitrogen and oxygen atoms in total. The Morgan fingerprint density at radius 3 is 2.60 bits per heavy atom. The number of carboxylic acid groups (broad SMARTS) is 1. The lowest BCUT2D eigenvalue weighted by Crippen LogP contribution is -2.07. The van der Waals surface area contributed by atoms with Crippen molar-refractivity contribution >= 4 is 15.8 Å². The number of carbonyl (C=O) groups is 1. The lowest BCUT2D eigenvalue weighted by Gasteiger charge is -2.03. The summed E-state index contributed by atoms with van der Waals surface area (Å²) >= 11 is 0. The molecule has 0 aliphatic rings. The number of halogens is 2. The fraction of sp³-hybridized carbons (Fsp3) is 0.0909. The fourth-order valence-corrected chi connectivity index (χ4v) is 2.79. The monoisotopic (exact) mass is 303 g/mol. The normalized spacial score (nSPS) is 11.5. The Labute approximate surface area is 111 Å². The molecule has 1 aromatic carbocycles. The molecule has 0 saturated carbocycles. The predicted octanol–water partition coefficient (Wildman–Crippen LogP) is 1.62. The number of aromatic nitrogens is 1. The van der Waals surface area contributed by atoms with Gasteiger partial charge in [0, 0.05) is 6.07 Å². The van der Waals surface area contributed by atoms with E-state index in [1.807, 2.05) is 0 Å². The van der Waals surface area contributed by atoms with Gasteiger partial charge in [0.15, 0.2) is 21.3 Å². The van der Waals surface area contributed by atoms with Crippen molar-refractivity contribution in [2.75, 3.05) is 0 Å². The zero-order valence-electron chi connectivity index (χ0n) is 9.71. The van der Waals surface area contributed by atoms with Gasteiger partial charge >= 0.3 is 5.97 Å². The number of rotatable bonds is 4. The maximum atomic E-state index is 13.4. The molecule has 0 radical (unpaired) electrons. The maximum Gasteiger partial charge on any atom is 0.358 e. The Morgan fingerprint density at radius 2 is 2.00 bits per heavy atom. The molecule has 106 valence electrons. The van der Waals surface area contributed by atoms with E-state index in [4.69, 9.17) is 5.11 Å². The van der Waals surface area contributed by atoms with Gasteiger partial charge in [-0.25, -0.2) is 22.0 Å². The molecule has 1 heterocycles. The highest BCUT2D eigenvalue weighted by Gasteiger charge is 2.23. The van der Waals surface area contributed by atoms with Crippen LogP contribution >= 0.6 is 0 Å². The summed E-state index contributed by atoms with van der Waals surface area (Å²) in [6.45, 7) is 0. The zero-order chi connectivity index (χ0) is 14.9. The van der Waals surface area contributed by atoms with Crippen molar-refractivity contribution in [1.82, 2.24) is 5.16 Å². The first-order valence-corrected chi connectivity index (χ1v) is 6.81. The Balaban J connectivity index is 2.35. The van der Waals surface area contributed by atoms with Crippen LogP contribution in [0.3, 0.4) is 0 Å². The molecule has 2 rings (SSSR count). The molecule has 0 spiro atoms. The lowest BCUT2D eigenvalue weighted by molar-refractivity contribution is 0.0685. The Hall–Kier alpha value is -2.29. The Morgan fingerprint density at radius 1 is 1.30 bits per heavy atom. The number of sulfone groups is 1. The summed E-state index contributed by atoms with van der Waals surface area (Å²) in [5.41, 5.74) is -0.477. The van der Waals surface area contributed by atoms with Crippen LogP contribution in [0.15, 0.2) is 33.7 Å². The van der Waals surface area contributed by atoms with Gasteiger partial charge in [0.1, 0.15) is 22.3 Å². The molecule has 0 saturated heterocycles. The Bertz CT molecular complexity index is 769. The van der Waals surface area contributed by atoms with Crippen LogP contribution in [0.1, 0.15) is 16.2 Å². The van der Waals surface area contributed by atoms with Crippen LogP contribution in [0.25, 0.3) is 0 Å². The van der Waals surface area contributed by atoms with Crippen molar-refractivity contribution in [3.63, 3.8) is 0 Å². The van der Waals surface area contributed by atoms with Crippen LogP contribution in [-0.4, -0.2) is 24.7 Å². The molecule has 9 heteroatoms. The van der Waals surface area contributed by atoms with E-state index in [9.17, 15) is 22.0 Å². The fourth-order valence-electron chi connectivity index (χ4n) is 1.46. The molecule has 0 fully saturated rings. The molecule has 2 aromatic rings. The van der Waals surface area contributed by atoms with Crippen molar-refractivity contribution in [2.45, 2.75) is 10.6 Å². The van der Waals surface area contributed by atoms with Gasteiger partial charge in [-0.1, -0.05) is 5.16 Å². The first-order valence-electron chi connectivity index (χ1n) is 5.16. The topological polar surface area (TPSA) is 97.5 Å². The molecule has 1 N–H and O–H groups in total. The second-order valence-corrected chi connectivity index (χ2v) is 5.78. The van der Waals surface area contributed by atoms with Crippen molar-refractivity contribution in [1.29, 1.82) is 0 Å². The summed E-state index contributed by atoms with van der Waals surface area (Å²) in [5.74, 6) is -4.52. The molecule has 0 atom stereocenters. The minimum Gasteiger partial charge on any atom is -0.476 e. The third-order valence-corrected chi connectivity index (χ3v) is 3.99. The number of carboxylic acids is 1. The predicted molar refractivity (Wildman–Crippen MR) is 60.7 cm³/mol. The SMILES string of the molecule is O=C(O)c1cc(CS(=O)(=O)c2cc(F)ccc2F)on1. The van der Waals surface area contributed by atoms with Gasteiger partial charge in [0.05, 0.1) is 0 Å². The van der Waals surface area contributed by atoms with E-state index in [2.05, 4.69) is 9.68 Å². The summed E-state index contributed by atoms with van der Waals surface area (Å²) < 4.78 is 54.7. The highest BCUT2D eigenvalue weighted by molar-refractivity contribution is 7.90. The highest BCUT2D eigenvalue weighted by Crippen LogP contribution is 2.21. The van der Waals surface area contributed by atoms with Gasteiger partial charge in [0.2, 0.25) is 0 Å². The smallest absolute Gasteiger partial charge is 0.358 e. The minimum atomic E-state index is -4.22. The van der Waals surface area contributed by atoms with E-state index in [1.54, 1.807) is 0 Å². The molecule has 0 aliphatic heterocycles. The van der Waals surface area contributed by atoms with Gasteiger partial charge in [-0.05, 0) is 18.2 Å². The molecule has 1 aromatic heterocycles. The van der Waals surface area contributed by atoms with Crippen molar-refractivity contribution < 1.29 is 31.6 Å². The highest BCUT2D eigenvalue weighted by atomic mass is 32.2. The molecule has 0 amide bonds. The molecular formula is C11H7F2NO5S. The van der Waals surface area contributed by atoms with E-state index >= 15 is 0 Å². The second-order valence-electron chi connectivity index (χ2n) is 3.82. The van der Waals surface area contributed by atoms with E-state index in [1.165, 1.54) is 0 Å². The summed E-state index contributed by atoms with van der Waals surface area (Å²) in [4.78, 5) is 9.74. The Kier molecular flexibility index (Phi) is 3.53. The minimum absolute atomic E-state index is 0.286. The van der Waals surface area contributed by atoms with Crippen LogP contribution in [-0.2, 0) is 15.6 Å². The van der Waals surface area contributed by atoms with Crippen LogP contribution in [0.5, 0.6) is 0 Å². The lowest BCUT2D eigenvalue weighted by atomic mass is 10.3. The number of hydrogen-bond donors (Lipinski definition) is 1. The van der Waals surface area contributed by atoms with Crippen LogP contribution in [0.4, 0.5) is 8.78 Å². The molecule has 0 bridgehead atoms. The molecule has 0 unspecified atom stereocenters. The van der Waals surface area contributed by atoms with Gasteiger partial charge in [-0.15, -0.1) is 0 Å². The third kappa shape index (κ3) is 2.82. The quantitative estimate of drug-likeness (QED) is 0.921. The summed E-state index contributed by atoms with van der Waals surface area (Å²) in [7, 11) is -4.22. The average Bonchev–Trinajstić information content (AvgIpc) is 2.80. The van der Waals surface area contributed by atoms with E-state index < -0.39 is 43.8 Å². The van der Waals surface area contributed by atoms with Crippen LogP contribution in [0, 0.1) is 11.6 Å². The van der Waals surface area contributed by atoms with Crippen LogP contribution < -0.4 is 0 Å². The number of benzene rings is 1. The number of aromatic carboxylic acids is 1. The largest absolute Gasteiger partial charge is 0.476 e. The summed E-state index contributed by atoms with van der Waals surface area (Å²) in [5, 5.41) is 11.7. The first-order chi connectivity index (χ1) is 9.29. The van der Waals surface area contributed by atoms with Crippen molar-refractivity contribution in [3.05, 3.63) is 47.4 Å². The second kappa shape index (κ2) is 5.00. The molecular weight excluding hydrogens is 296 g/mol. The van der Waals surface area contributed by atoms with Gasteiger partial charge in [-0.3, -0.25) is 0 Å². The van der Waals surface area contributed by atoms with E-state index in [0.29, 0.717) is 12.1 Å². The summed E-state index contributed by atoms with van der Waals surface area (Å²) in [6, 6.07) is 2.91. The zero-order valence-corrected chi connectivity index (χ0v) is 10.5. The maximum absolute atomic E-state index is 13.4. The van der Waals surface area contributed by atoms with Crippen molar-refractivity contribution in [2.24, 2.45) is 0 Å². The first kappa shape index (κ1) is 14.1. The van der Waals surface area contributed by atoms with Gasteiger partial charge in [0.25, 0.3) is 0 Å². The number of hydrogen-bond acceptors (Lipinski definition) is 5. The van der Waals surface area contributed by atoms with Gasteiger partial charge < -0.3 is 9.63 Å². The number of nitrogens with zero attached hydrogens (tertiary/aromatic N) is 1. The van der Waals surface area contributed by atoms with Crippen LogP contribution in [0.2, 0.25) is 0 Å². The standard InChI is InChI=1S/C11H7F2NO5S/c12-6-1-2-8(13)10(3-6)20(17,18)5-7-4-9(11(15)16)14-19-7/h1-4H,5H2,(H,15,16). The van der Waals surface area contributed by atoms with Gasteiger partial charge in [-0.2, -0.15) is 0 Å². The average molecular weight is 303 g/mol. The van der Waals surface area contributed by atoms with E-state index in [-0.39, 0.29) is 5.76 Å². The molecule has 0 aliphatic carbocycles. The van der Waals surface area contributed by atoms with E-state index in [0.717, 1.165) is 12.1 Å². The third-order valence-electron chi connectivity index (χ3n) is 2.34. The molecule has 20 heavy (non-hydrogen) atoms. The van der Waals surface area contributed by atoms with Crippen molar-refractivity contribution in [3.8, 4) is 0 Å².